The van der Waals surface area contributed by atoms with E-state index in [0.29, 0.717) is 13.2 Å². The quantitative estimate of drug-likeness (QED) is 0.586. The highest BCUT2D eigenvalue weighted by atomic mass is 16.5. The van der Waals surface area contributed by atoms with Gasteiger partial charge in [-0.3, -0.25) is 0 Å². The molecule has 0 atom stereocenters. The monoisotopic (exact) mass is 268 g/mol. The second kappa shape index (κ2) is 8.66. The summed E-state index contributed by atoms with van der Waals surface area (Å²) in [4.78, 5) is 8.78. The third-order valence-corrected chi connectivity index (χ3v) is 2.60. The molecule has 6 heteroatoms. The Labute approximate surface area is 114 Å². The predicted octanol–water partition coefficient (Wildman–Crippen LogP) is 1.34. The number of ether oxygens (including phenoxy) is 1. The van der Waals surface area contributed by atoms with Gasteiger partial charge in [0.05, 0.1) is 13.2 Å². The number of aliphatic hydroxyl groups excluding tert-OH is 1. The normalized spacial score (nSPS) is 10.5. The number of anilines is 2. The lowest BCUT2D eigenvalue weighted by molar-refractivity contribution is 0.0922. The summed E-state index contributed by atoms with van der Waals surface area (Å²) in [5.74, 6) is 2.50. The number of aryl methyl sites for hydroxylation is 1. The Bertz CT molecular complexity index is 385. The highest BCUT2D eigenvalue weighted by Crippen LogP contribution is 2.19. The van der Waals surface area contributed by atoms with Crippen molar-refractivity contribution >= 4 is 11.6 Å². The van der Waals surface area contributed by atoms with Crippen molar-refractivity contribution in [2.24, 2.45) is 0 Å². The Morgan fingerprint density at radius 2 is 1.79 bits per heavy atom. The number of aliphatic hydroxyl groups is 1. The molecule has 19 heavy (non-hydrogen) atoms. The van der Waals surface area contributed by atoms with Gasteiger partial charge in [0.25, 0.3) is 0 Å². The zero-order valence-corrected chi connectivity index (χ0v) is 12.0. The first kappa shape index (κ1) is 15.7. The number of nitrogens with one attached hydrogen (secondary N) is 2. The van der Waals surface area contributed by atoms with Gasteiger partial charge in [0, 0.05) is 25.3 Å². The van der Waals surface area contributed by atoms with Crippen LogP contribution in [0.4, 0.5) is 11.6 Å². The van der Waals surface area contributed by atoms with Crippen LogP contribution in [0.5, 0.6) is 0 Å². The maximum absolute atomic E-state index is 8.58. The van der Waals surface area contributed by atoms with Crippen molar-refractivity contribution in [2.45, 2.75) is 27.2 Å². The van der Waals surface area contributed by atoms with Crippen LogP contribution in [0.2, 0.25) is 0 Å². The molecule has 0 saturated carbocycles. The molecule has 0 radical (unpaired) electrons. The van der Waals surface area contributed by atoms with Crippen LogP contribution in [0, 0.1) is 13.8 Å². The van der Waals surface area contributed by atoms with Gasteiger partial charge in [-0.05, 0) is 27.2 Å². The Kier molecular flexibility index (Phi) is 7.14. The van der Waals surface area contributed by atoms with Crippen molar-refractivity contribution in [3.63, 3.8) is 0 Å². The van der Waals surface area contributed by atoms with E-state index in [2.05, 4.69) is 20.6 Å². The molecular formula is C13H24N4O2. The van der Waals surface area contributed by atoms with Crippen molar-refractivity contribution in [1.82, 2.24) is 9.97 Å². The van der Waals surface area contributed by atoms with E-state index in [1.807, 2.05) is 20.8 Å². The fraction of sp³-hybridized carbons (Fsp3) is 0.692. The maximum atomic E-state index is 8.58. The summed E-state index contributed by atoms with van der Waals surface area (Å²) in [6, 6.07) is 0. The Morgan fingerprint density at radius 3 is 2.42 bits per heavy atom. The van der Waals surface area contributed by atoms with E-state index in [9.17, 15) is 0 Å². The first-order chi connectivity index (χ1) is 9.19. The minimum atomic E-state index is 0.0731. The summed E-state index contributed by atoms with van der Waals surface area (Å²) in [6.45, 7) is 8.66. The summed E-state index contributed by atoms with van der Waals surface area (Å²) in [7, 11) is 0. The fourth-order valence-electron chi connectivity index (χ4n) is 1.69. The number of hydrogen-bond donors (Lipinski definition) is 3. The Morgan fingerprint density at radius 1 is 1.11 bits per heavy atom. The van der Waals surface area contributed by atoms with Gasteiger partial charge in [-0.25, -0.2) is 9.97 Å². The largest absolute Gasteiger partial charge is 0.394 e. The predicted molar refractivity (Wildman–Crippen MR) is 76.7 cm³/mol. The molecule has 0 amide bonds. The van der Waals surface area contributed by atoms with Crippen LogP contribution in [0.15, 0.2) is 0 Å². The van der Waals surface area contributed by atoms with E-state index >= 15 is 0 Å². The highest BCUT2D eigenvalue weighted by Gasteiger charge is 2.07. The molecule has 0 saturated heterocycles. The first-order valence-corrected chi connectivity index (χ1v) is 6.70. The Hall–Kier alpha value is -1.40. The molecular weight excluding hydrogens is 244 g/mol. The van der Waals surface area contributed by atoms with Crippen molar-refractivity contribution in [3.8, 4) is 0 Å². The first-order valence-electron chi connectivity index (χ1n) is 6.70. The van der Waals surface area contributed by atoms with Crippen LogP contribution >= 0.6 is 0 Å². The summed E-state index contributed by atoms with van der Waals surface area (Å²) < 4.78 is 5.20. The van der Waals surface area contributed by atoms with E-state index < -0.39 is 0 Å². The molecule has 0 bridgehead atoms. The molecule has 1 aromatic heterocycles. The minimum absolute atomic E-state index is 0.0731. The average Bonchev–Trinajstić information content (AvgIpc) is 2.39. The second-order valence-corrected chi connectivity index (χ2v) is 4.24. The maximum Gasteiger partial charge on any atom is 0.134 e. The third-order valence-electron chi connectivity index (χ3n) is 2.60. The van der Waals surface area contributed by atoms with Gasteiger partial charge >= 0.3 is 0 Å². The molecule has 6 nitrogen and oxygen atoms in total. The van der Waals surface area contributed by atoms with Gasteiger partial charge in [0.15, 0.2) is 0 Å². The van der Waals surface area contributed by atoms with Crippen molar-refractivity contribution in [2.75, 3.05) is 43.5 Å². The summed E-state index contributed by atoms with van der Waals surface area (Å²) in [6.07, 6.45) is 0.874. The lowest BCUT2D eigenvalue weighted by Gasteiger charge is -2.13. The standard InChI is InChI=1S/C13H24N4O2/c1-4-14-12-10(2)13(17-11(3)16-12)15-6-5-8-19-9-7-18/h18H,4-9H2,1-3H3,(H2,14,15,16,17). The van der Waals surface area contributed by atoms with E-state index in [1.54, 1.807) is 0 Å². The number of aromatic nitrogens is 2. The van der Waals surface area contributed by atoms with Crippen molar-refractivity contribution in [3.05, 3.63) is 11.4 Å². The highest BCUT2D eigenvalue weighted by molar-refractivity contribution is 5.57. The van der Waals surface area contributed by atoms with E-state index in [4.69, 9.17) is 9.84 Å². The second-order valence-electron chi connectivity index (χ2n) is 4.24. The van der Waals surface area contributed by atoms with Gasteiger partial charge in [0.2, 0.25) is 0 Å². The topological polar surface area (TPSA) is 79.3 Å². The smallest absolute Gasteiger partial charge is 0.134 e. The van der Waals surface area contributed by atoms with Gasteiger partial charge < -0.3 is 20.5 Å². The Balaban J connectivity index is 2.48. The van der Waals surface area contributed by atoms with Crippen LogP contribution in [0.25, 0.3) is 0 Å². The number of rotatable bonds is 9. The van der Waals surface area contributed by atoms with E-state index in [1.165, 1.54) is 0 Å². The third kappa shape index (κ3) is 5.40. The minimum Gasteiger partial charge on any atom is -0.394 e. The zero-order chi connectivity index (χ0) is 14.1. The summed E-state index contributed by atoms with van der Waals surface area (Å²) in [5, 5.41) is 15.1. The molecule has 0 aliphatic heterocycles. The van der Waals surface area contributed by atoms with Crippen LogP contribution in [-0.4, -0.2) is 48.0 Å². The van der Waals surface area contributed by atoms with Gasteiger partial charge in [-0.2, -0.15) is 0 Å². The number of nitrogens with zero attached hydrogens (tertiary/aromatic N) is 2. The average molecular weight is 268 g/mol. The van der Waals surface area contributed by atoms with Crippen molar-refractivity contribution < 1.29 is 9.84 Å². The molecule has 1 aromatic rings. The molecule has 0 unspecified atom stereocenters. The van der Waals surface area contributed by atoms with Crippen LogP contribution < -0.4 is 10.6 Å². The van der Waals surface area contributed by atoms with Crippen LogP contribution in [0.3, 0.4) is 0 Å². The fourth-order valence-corrected chi connectivity index (χ4v) is 1.69. The molecule has 0 aliphatic rings. The molecule has 1 heterocycles. The van der Waals surface area contributed by atoms with Gasteiger partial charge in [-0.1, -0.05) is 0 Å². The summed E-state index contributed by atoms with van der Waals surface area (Å²) >= 11 is 0. The van der Waals surface area contributed by atoms with E-state index in [0.717, 1.165) is 42.5 Å². The molecule has 108 valence electrons. The van der Waals surface area contributed by atoms with E-state index in [-0.39, 0.29) is 6.61 Å². The van der Waals surface area contributed by atoms with Crippen LogP contribution in [-0.2, 0) is 4.74 Å². The molecule has 0 aliphatic carbocycles. The molecule has 0 fully saturated rings. The lowest BCUT2D eigenvalue weighted by Crippen LogP contribution is -2.12. The SMILES string of the molecule is CCNc1nc(C)nc(NCCCOCCO)c1C. The van der Waals surface area contributed by atoms with Gasteiger partial charge in [0.1, 0.15) is 17.5 Å². The molecule has 1 rings (SSSR count). The van der Waals surface area contributed by atoms with Crippen LogP contribution in [0.1, 0.15) is 24.7 Å². The molecule has 0 aromatic carbocycles. The lowest BCUT2D eigenvalue weighted by atomic mass is 10.3. The van der Waals surface area contributed by atoms with Crippen molar-refractivity contribution in [1.29, 1.82) is 0 Å². The molecule has 3 N–H and O–H groups in total. The number of hydrogen-bond acceptors (Lipinski definition) is 6. The zero-order valence-electron chi connectivity index (χ0n) is 12.0. The summed E-state index contributed by atoms with van der Waals surface area (Å²) in [5.41, 5.74) is 1.03. The van der Waals surface area contributed by atoms with Gasteiger partial charge in [-0.15, -0.1) is 0 Å². The molecule has 0 spiro atoms.